The van der Waals surface area contributed by atoms with Gasteiger partial charge in [0.05, 0.1) is 5.69 Å². The lowest BCUT2D eigenvalue weighted by atomic mass is 10.1. The van der Waals surface area contributed by atoms with Crippen molar-refractivity contribution in [1.29, 1.82) is 0 Å². The molecule has 0 atom stereocenters. The Bertz CT molecular complexity index is 911. The molecule has 28 heavy (non-hydrogen) atoms. The number of aryl methyl sites for hydroxylation is 3. The first-order valence-corrected chi connectivity index (χ1v) is 9.06. The number of carbonyl (C=O) groups excluding carboxylic acids is 3. The highest BCUT2D eigenvalue weighted by Crippen LogP contribution is 2.17. The molecule has 2 aromatic heterocycles. The van der Waals surface area contributed by atoms with E-state index in [-0.39, 0.29) is 6.42 Å². The van der Waals surface area contributed by atoms with Gasteiger partial charge in [-0.3, -0.25) is 14.9 Å². The molecule has 3 amide bonds. The van der Waals surface area contributed by atoms with Crippen molar-refractivity contribution in [3.63, 3.8) is 0 Å². The third kappa shape index (κ3) is 5.77. The summed E-state index contributed by atoms with van der Waals surface area (Å²) < 4.78 is 6.71. The van der Waals surface area contributed by atoms with Crippen LogP contribution in [-0.2, 0) is 20.7 Å². The number of carbonyl (C=O) groups is 3. The van der Waals surface area contributed by atoms with E-state index in [2.05, 4.69) is 20.7 Å². The summed E-state index contributed by atoms with van der Waals surface area (Å²) >= 11 is 0. The van der Waals surface area contributed by atoms with Crippen LogP contribution in [0.15, 0.2) is 6.07 Å². The average molecular weight is 389 g/mol. The van der Waals surface area contributed by atoms with Crippen LogP contribution in [-0.4, -0.2) is 44.7 Å². The molecular formula is C19H27N5O4. The molecule has 152 valence electrons. The number of imide groups is 1. The minimum Gasteiger partial charge on any atom is -0.456 e. The predicted octanol–water partition coefficient (Wildman–Crippen LogP) is 1.75. The molecule has 0 aliphatic carbocycles. The lowest BCUT2D eigenvalue weighted by Gasteiger charge is -2.20. The van der Waals surface area contributed by atoms with Gasteiger partial charge in [0, 0.05) is 29.4 Å². The first kappa shape index (κ1) is 21.3. The minimum atomic E-state index is -0.683. The van der Waals surface area contributed by atoms with Crippen LogP contribution in [0.4, 0.5) is 4.79 Å². The molecule has 9 heteroatoms. The van der Waals surface area contributed by atoms with Crippen molar-refractivity contribution in [1.82, 2.24) is 25.2 Å². The largest absolute Gasteiger partial charge is 0.456 e. The van der Waals surface area contributed by atoms with Crippen LogP contribution < -0.4 is 10.6 Å². The number of amides is 3. The summed E-state index contributed by atoms with van der Waals surface area (Å²) in [5.74, 6) is -1.21. The van der Waals surface area contributed by atoms with Gasteiger partial charge in [-0.2, -0.15) is 5.10 Å². The number of nitrogens with one attached hydrogen (secondary N) is 2. The average Bonchev–Trinajstić information content (AvgIpc) is 2.91. The number of esters is 1. The molecule has 2 rings (SSSR count). The van der Waals surface area contributed by atoms with Crippen molar-refractivity contribution in [3.8, 4) is 0 Å². The van der Waals surface area contributed by atoms with Crippen molar-refractivity contribution in [2.75, 3.05) is 6.61 Å². The Kier molecular flexibility index (Phi) is 6.37. The van der Waals surface area contributed by atoms with Gasteiger partial charge < -0.3 is 10.1 Å². The first-order valence-electron chi connectivity index (χ1n) is 9.06. The van der Waals surface area contributed by atoms with E-state index in [0.717, 1.165) is 28.3 Å². The summed E-state index contributed by atoms with van der Waals surface area (Å²) in [5, 5.41) is 9.11. The topological polar surface area (TPSA) is 115 Å². The molecule has 0 aliphatic heterocycles. The van der Waals surface area contributed by atoms with Crippen LogP contribution in [0.1, 0.15) is 49.8 Å². The van der Waals surface area contributed by atoms with Crippen molar-refractivity contribution in [3.05, 3.63) is 28.7 Å². The van der Waals surface area contributed by atoms with Gasteiger partial charge in [0.1, 0.15) is 0 Å². The van der Waals surface area contributed by atoms with Gasteiger partial charge in [0.25, 0.3) is 5.91 Å². The predicted molar refractivity (Wildman–Crippen MR) is 103 cm³/mol. The molecule has 0 fully saturated rings. The van der Waals surface area contributed by atoms with Gasteiger partial charge in [0.15, 0.2) is 12.3 Å². The van der Waals surface area contributed by atoms with Gasteiger partial charge in [-0.25, -0.2) is 14.3 Å². The van der Waals surface area contributed by atoms with Crippen LogP contribution in [0.2, 0.25) is 0 Å². The number of nitrogens with zero attached hydrogens (tertiary/aromatic N) is 3. The molecule has 0 aromatic carbocycles. The monoisotopic (exact) mass is 389 g/mol. The summed E-state index contributed by atoms with van der Waals surface area (Å²) in [6.07, 6.45) is 0.515. The van der Waals surface area contributed by atoms with E-state index < -0.39 is 30.1 Å². The number of ether oxygens (including phenoxy) is 1. The van der Waals surface area contributed by atoms with Crippen LogP contribution >= 0.6 is 0 Å². The van der Waals surface area contributed by atoms with Gasteiger partial charge in [-0.1, -0.05) is 0 Å². The van der Waals surface area contributed by atoms with Crippen LogP contribution in [0.25, 0.3) is 5.65 Å². The number of aromatic nitrogens is 3. The third-order valence-electron chi connectivity index (χ3n) is 3.97. The molecule has 0 bridgehead atoms. The lowest BCUT2D eigenvalue weighted by molar-refractivity contribution is -0.148. The Morgan fingerprint density at radius 2 is 1.86 bits per heavy atom. The number of fused-ring (bicyclic) bond motifs is 1. The van der Waals surface area contributed by atoms with Crippen LogP contribution in [0.3, 0.4) is 0 Å². The summed E-state index contributed by atoms with van der Waals surface area (Å²) in [6.45, 7) is 10.6. The lowest BCUT2D eigenvalue weighted by Crippen LogP contribution is -2.49. The first-order chi connectivity index (χ1) is 13.0. The second kappa shape index (κ2) is 8.37. The Hall–Kier alpha value is -2.97. The van der Waals surface area contributed by atoms with Gasteiger partial charge in [0.2, 0.25) is 0 Å². The van der Waals surface area contributed by atoms with E-state index >= 15 is 0 Å². The molecule has 0 spiro atoms. The van der Waals surface area contributed by atoms with Crippen molar-refractivity contribution >= 4 is 23.6 Å². The zero-order chi connectivity index (χ0) is 21.1. The maximum absolute atomic E-state index is 12.0. The Balaban J connectivity index is 1.87. The van der Waals surface area contributed by atoms with E-state index in [4.69, 9.17) is 4.74 Å². The van der Waals surface area contributed by atoms with Crippen LogP contribution in [0, 0.1) is 20.8 Å². The van der Waals surface area contributed by atoms with Crippen molar-refractivity contribution in [2.45, 2.75) is 59.9 Å². The maximum atomic E-state index is 12.0. The number of urea groups is 1. The van der Waals surface area contributed by atoms with Gasteiger partial charge in [-0.15, -0.1) is 0 Å². The second-order valence-electron chi connectivity index (χ2n) is 7.73. The van der Waals surface area contributed by atoms with E-state index in [0.29, 0.717) is 6.42 Å². The smallest absolute Gasteiger partial charge is 0.321 e. The molecule has 0 saturated heterocycles. The quantitative estimate of drug-likeness (QED) is 0.753. The molecule has 0 saturated carbocycles. The zero-order valence-corrected chi connectivity index (χ0v) is 17.2. The maximum Gasteiger partial charge on any atom is 0.321 e. The highest BCUT2D eigenvalue weighted by molar-refractivity contribution is 5.95. The SMILES string of the molecule is Cc1cc2nc(C)c(CCC(=O)OCC(=O)NC(=O)NC(C)(C)C)c(C)n2n1. The molecular weight excluding hydrogens is 362 g/mol. The third-order valence-corrected chi connectivity index (χ3v) is 3.97. The summed E-state index contributed by atoms with van der Waals surface area (Å²) in [7, 11) is 0. The van der Waals surface area contributed by atoms with Gasteiger partial charge in [-0.05, 0) is 53.5 Å². The van der Waals surface area contributed by atoms with E-state index in [1.54, 1.807) is 25.3 Å². The number of hydrogen-bond donors (Lipinski definition) is 2. The fraction of sp³-hybridized carbons (Fsp3) is 0.526. The molecule has 2 heterocycles. The zero-order valence-electron chi connectivity index (χ0n) is 17.2. The second-order valence-corrected chi connectivity index (χ2v) is 7.73. The fourth-order valence-electron chi connectivity index (χ4n) is 2.78. The minimum absolute atomic E-state index is 0.0938. The Morgan fingerprint density at radius 1 is 1.18 bits per heavy atom. The summed E-state index contributed by atoms with van der Waals surface area (Å²) in [4.78, 5) is 39.8. The number of hydrogen-bond acceptors (Lipinski definition) is 6. The molecule has 0 radical (unpaired) electrons. The molecule has 0 aliphatic rings. The fourth-order valence-corrected chi connectivity index (χ4v) is 2.78. The van der Waals surface area contributed by atoms with Crippen molar-refractivity contribution in [2.24, 2.45) is 0 Å². The highest BCUT2D eigenvalue weighted by atomic mass is 16.5. The van der Waals surface area contributed by atoms with E-state index in [1.165, 1.54) is 0 Å². The van der Waals surface area contributed by atoms with E-state index in [9.17, 15) is 14.4 Å². The summed E-state index contributed by atoms with van der Waals surface area (Å²) in [6, 6.07) is 1.26. The molecule has 2 aromatic rings. The van der Waals surface area contributed by atoms with Gasteiger partial charge >= 0.3 is 12.0 Å². The Morgan fingerprint density at radius 3 is 2.50 bits per heavy atom. The standard InChI is InChI=1S/C19H27N5O4/c1-11-9-15-20-12(2)14(13(3)24(15)23-11)7-8-17(26)28-10-16(25)21-18(27)22-19(4,5)6/h9H,7-8,10H2,1-6H3,(H2,21,22,25,27). The number of rotatable bonds is 5. The van der Waals surface area contributed by atoms with Crippen molar-refractivity contribution < 1.29 is 19.1 Å². The highest BCUT2D eigenvalue weighted by Gasteiger charge is 2.17. The van der Waals surface area contributed by atoms with E-state index in [1.807, 2.05) is 26.8 Å². The van der Waals surface area contributed by atoms with Crippen LogP contribution in [0.5, 0.6) is 0 Å². The Labute approximate surface area is 163 Å². The molecule has 9 nitrogen and oxygen atoms in total. The molecule has 2 N–H and O–H groups in total. The normalized spacial score (nSPS) is 11.4. The molecule has 0 unspecified atom stereocenters. The summed E-state index contributed by atoms with van der Waals surface area (Å²) in [5.41, 5.74) is 3.83.